The zero-order valence-electron chi connectivity index (χ0n) is 9.24. The summed E-state index contributed by atoms with van der Waals surface area (Å²) in [6, 6.07) is 0. The molecule has 1 atom stereocenters. The summed E-state index contributed by atoms with van der Waals surface area (Å²) in [4.78, 5) is 26.6. The highest BCUT2D eigenvalue weighted by Crippen LogP contribution is 2.10. The average molecular weight is 210 g/mol. The minimum absolute atomic E-state index is 0.458. The average Bonchev–Trinajstić information content (AvgIpc) is 2.25. The van der Waals surface area contributed by atoms with E-state index < -0.39 is 0 Å². The van der Waals surface area contributed by atoms with Crippen LogP contribution in [0.3, 0.4) is 0 Å². The molecule has 1 unspecified atom stereocenters. The van der Waals surface area contributed by atoms with Gasteiger partial charge in [0.25, 0.3) is 0 Å². The molecule has 0 saturated heterocycles. The summed E-state index contributed by atoms with van der Waals surface area (Å²) >= 11 is 0. The lowest BCUT2D eigenvalue weighted by Crippen LogP contribution is -1.98. The van der Waals surface area contributed by atoms with Crippen molar-refractivity contribution in [1.29, 1.82) is 0 Å². The molecule has 4 heteroatoms. The first kappa shape index (κ1) is 13.8. The number of rotatable bonds is 9. The number of isocyanates is 2. The molecule has 0 rings (SSSR count). The van der Waals surface area contributed by atoms with Crippen LogP contribution in [0.5, 0.6) is 0 Å². The van der Waals surface area contributed by atoms with Crippen molar-refractivity contribution in [3.05, 3.63) is 0 Å². The van der Waals surface area contributed by atoms with E-state index >= 15 is 0 Å². The summed E-state index contributed by atoms with van der Waals surface area (Å²) in [5.41, 5.74) is 0. The molecule has 0 aromatic carbocycles. The van der Waals surface area contributed by atoms with Gasteiger partial charge in [-0.05, 0) is 18.8 Å². The second-order valence-electron chi connectivity index (χ2n) is 3.71. The zero-order valence-corrected chi connectivity index (χ0v) is 9.24. The largest absolute Gasteiger partial charge is 0.234 e. The van der Waals surface area contributed by atoms with E-state index in [1.165, 1.54) is 6.08 Å². The molecule has 0 fully saturated rings. The third kappa shape index (κ3) is 10.7. The second kappa shape index (κ2) is 10.8. The van der Waals surface area contributed by atoms with Gasteiger partial charge in [-0.1, -0.05) is 26.2 Å². The number of aliphatic imine (C=N–C) groups is 2. The first-order chi connectivity index (χ1) is 7.31. The van der Waals surface area contributed by atoms with Gasteiger partial charge < -0.3 is 0 Å². The second-order valence-corrected chi connectivity index (χ2v) is 3.71. The van der Waals surface area contributed by atoms with E-state index in [0.717, 1.165) is 32.1 Å². The third-order valence-electron chi connectivity index (χ3n) is 2.25. The van der Waals surface area contributed by atoms with Gasteiger partial charge in [-0.2, -0.15) is 0 Å². The fraction of sp³-hybridized carbons (Fsp3) is 0.818. The third-order valence-corrected chi connectivity index (χ3v) is 2.25. The van der Waals surface area contributed by atoms with Crippen LogP contribution in [0.25, 0.3) is 0 Å². The van der Waals surface area contributed by atoms with Gasteiger partial charge >= 0.3 is 0 Å². The van der Waals surface area contributed by atoms with E-state index in [1.807, 2.05) is 0 Å². The Bertz CT molecular complexity index is 241. The molecule has 0 heterocycles. The van der Waals surface area contributed by atoms with Crippen LogP contribution in [-0.4, -0.2) is 25.2 Å². The number of unbranched alkanes of at least 4 members (excludes halogenated alkanes) is 3. The van der Waals surface area contributed by atoms with Crippen LogP contribution in [0, 0.1) is 5.92 Å². The quantitative estimate of drug-likeness (QED) is 0.333. The Morgan fingerprint density at radius 3 is 2.33 bits per heavy atom. The van der Waals surface area contributed by atoms with Crippen molar-refractivity contribution in [2.24, 2.45) is 15.9 Å². The molecule has 0 amide bonds. The van der Waals surface area contributed by atoms with E-state index in [-0.39, 0.29) is 0 Å². The van der Waals surface area contributed by atoms with Crippen LogP contribution in [0.2, 0.25) is 0 Å². The highest BCUT2D eigenvalue weighted by molar-refractivity contribution is 5.32. The maximum atomic E-state index is 9.85. The standard InChI is InChI=1S/C11H18N2O2/c1-11(8-13-10-15)6-4-2-3-5-7-12-9-14/h11H,2-8H2,1H3. The van der Waals surface area contributed by atoms with Crippen LogP contribution in [0.1, 0.15) is 39.0 Å². The Balaban J connectivity index is 3.22. The minimum Gasteiger partial charge on any atom is -0.211 e. The van der Waals surface area contributed by atoms with Gasteiger partial charge in [-0.3, -0.25) is 0 Å². The van der Waals surface area contributed by atoms with Crippen molar-refractivity contribution in [3.8, 4) is 0 Å². The fourth-order valence-electron chi connectivity index (χ4n) is 1.37. The summed E-state index contributed by atoms with van der Waals surface area (Å²) in [6.45, 7) is 3.25. The molecule has 4 nitrogen and oxygen atoms in total. The molecule has 15 heavy (non-hydrogen) atoms. The highest BCUT2D eigenvalue weighted by Gasteiger charge is 2.00. The summed E-state index contributed by atoms with van der Waals surface area (Å²) in [5.74, 6) is 0.458. The first-order valence-electron chi connectivity index (χ1n) is 5.38. The van der Waals surface area contributed by atoms with Crippen LogP contribution < -0.4 is 0 Å². The topological polar surface area (TPSA) is 58.9 Å². The number of nitrogens with zero attached hydrogens (tertiary/aromatic N) is 2. The van der Waals surface area contributed by atoms with Crippen molar-refractivity contribution in [2.45, 2.75) is 39.0 Å². The molecule has 0 aromatic rings. The van der Waals surface area contributed by atoms with Gasteiger partial charge in [-0.15, -0.1) is 0 Å². The molecular formula is C11H18N2O2. The van der Waals surface area contributed by atoms with Crippen LogP contribution >= 0.6 is 0 Å². The molecule has 0 aliphatic carbocycles. The minimum atomic E-state index is 0.458. The summed E-state index contributed by atoms with van der Waals surface area (Å²) < 4.78 is 0. The van der Waals surface area contributed by atoms with Crippen molar-refractivity contribution in [1.82, 2.24) is 0 Å². The van der Waals surface area contributed by atoms with Crippen molar-refractivity contribution in [3.63, 3.8) is 0 Å². The SMILES string of the molecule is CC(CCCCCCN=C=O)CN=C=O. The lowest BCUT2D eigenvalue weighted by molar-refractivity contribution is 0.492. The Kier molecular flexibility index (Phi) is 9.94. The van der Waals surface area contributed by atoms with Gasteiger partial charge in [0, 0.05) is 0 Å². The van der Waals surface area contributed by atoms with Gasteiger partial charge in [0.2, 0.25) is 12.2 Å². The molecule has 0 spiro atoms. The molecule has 0 saturated carbocycles. The molecule has 0 aliphatic heterocycles. The summed E-state index contributed by atoms with van der Waals surface area (Å²) in [6.07, 6.45) is 8.49. The van der Waals surface area contributed by atoms with E-state index in [1.54, 1.807) is 6.08 Å². The predicted molar refractivity (Wildman–Crippen MR) is 58.2 cm³/mol. The van der Waals surface area contributed by atoms with Gasteiger partial charge in [0.1, 0.15) is 0 Å². The lowest BCUT2D eigenvalue weighted by Gasteiger charge is -2.06. The predicted octanol–water partition coefficient (Wildman–Crippen LogP) is 2.24. The first-order valence-corrected chi connectivity index (χ1v) is 5.38. The van der Waals surface area contributed by atoms with E-state index in [4.69, 9.17) is 0 Å². The molecule has 0 N–H and O–H groups in total. The molecule has 0 aliphatic rings. The number of hydrogen-bond acceptors (Lipinski definition) is 4. The summed E-state index contributed by atoms with van der Waals surface area (Å²) in [5, 5.41) is 0. The van der Waals surface area contributed by atoms with E-state index in [2.05, 4.69) is 16.9 Å². The van der Waals surface area contributed by atoms with Crippen LogP contribution in [-0.2, 0) is 9.59 Å². The smallest absolute Gasteiger partial charge is 0.211 e. The van der Waals surface area contributed by atoms with Crippen molar-refractivity contribution in [2.75, 3.05) is 13.1 Å². The molecule has 0 bridgehead atoms. The van der Waals surface area contributed by atoms with Gasteiger partial charge in [0.15, 0.2) is 0 Å². The van der Waals surface area contributed by atoms with Gasteiger partial charge in [0.05, 0.1) is 13.1 Å². The maximum Gasteiger partial charge on any atom is 0.234 e. The molecule has 84 valence electrons. The molecule has 0 radical (unpaired) electrons. The number of hydrogen-bond donors (Lipinski definition) is 0. The Labute approximate surface area is 90.5 Å². The summed E-state index contributed by atoms with van der Waals surface area (Å²) in [7, 11) is 0. The highest BCUT2D eigenvalue weighted by atomic mass is 16.1. The Morgan fingerprint density at radius 2 is 1.67 bits per heavy atom. The normalized spacial score (nSPS) is 11.3. The zero-order chi connectivity index (χ0) is 11.4. The van der Waals surface area contributed by atoms with Gasteiger partial charge in [-0.25, -0.2) is 19.6 Å². The van der Waals surface area contributed by atoms with Crippen LogP contribution in [0.4, 0.5) is 0 Å². The van der Waals surface area contributed by atoms with E-state index in [9.17, 15) is 9.59 Å². The molecule has 0 aromatic heterocycles. The lowest BCUT2D eigenvalue weighted by atomic mass is 10.0. The Morgan fingerprint density at radius 1 is 1.00 bits per heavy atom. The van der Waals surface area contributed by atoms with Crippen LogP contribution in [0.15, 0.2) is 9.98 Å². The number of carbonyl (C=O) groups excluding carboxylic acids is 2. The van der Waals surface area contributed by atoms with E-state index in [0.29, 0.717) is 19.0 Å². The maximum absolute atomic E-state index is 9.85. The van der Waals surface area contributed by atoms with Crippen molar-refractivity contribution >= 4 is 12.2 Å². The fourth-order valence-corrected chi connectivity index (χ4v) is 1.37. The molecular weight excluding hydrogens is 192 g/mol. The monoisotopic (exact) mass is 210 g/mol. The Hall–Kier alpha value is -1.24. The van der Waals surface area contributed by atoms with Crippen molar-refractivity contribution < 1.29 is 9.59 Å².